The number of sulfone groups is 1. The summed E-state index contributed by atoms with van der Waals surface area (Å²) in [6.07, 6.45) is -0.0468. The molecule has 0 bridgehead atoms. The van der Waals surface area contributed by atoms with E-state index in [9.17, 15) is 13.5 Å². The first kappa shape index (κ1) is 13.5. The van der Waals surface area contributed by atoms with Gasteiger partial charge in [-0.3, -0.25) is 0 Å². The zero-order valence-electron chi connectivity index (χ0n) is 9.22. The third kappa shape index (κ3) is 2.39. The van der Waals surface area contributed by atoms with Gasteiger partial charge in [-0.15, -0.1) is 0 Å². The number of aliphatic hydroxyl groups is 1. The van der Waals surface area contributed by atoms with E-state index in [1.807, 2.05) is 0 Å². The van der Waals surface area contributed by atoms with Crippen LogP contribution in [0.15, 0.2) is 30.3 Å². The van der Waals surface area contributed by atoms with E-state index in [-0.39, 0.29) is 6.42 Å². The molecule has 1 aromatic rings. The Morgan fingerprint density at radius 2 is 1.88 bits per heavy atom. The van der Waals surface area contributed by atoms with E-state index in [0.717, 1.165) is 6.26 Å². The van der Waals surface area contributed by atoms with Gasteiger partial charge in [0, 0.05) is 6.26 Å². The Labute approximate surface area is 101 Å². The smallest absolute Gasteiger partial charge is 0.174 e. The van der Waals surface area contributed by atoms with Crippen LogP contribution in [0.3, 0.4) is 0 Å². The van der Waals surface area contributed by atoms with Crippen molar-refractivity contribution in [3.63, 3.8) is 0 Å². The first-order chi connectivity index (χ1) is 7.33. The van der Waals surface area contributed by atoms with Crippen LogP contribution in [-0.2, 0) is 9.84 Å². The minimum Gasteiger partial charge on any atom is -0.385 e. The molecule has 0 radical (unpaired) electrons. The van der Waals surface area contributed by atoms with Crippen molar-refractivity contribution in [2.45, 2.75) is 23.7 Å². The van der Waals surface area contributed by atoms with Crippen LogP contribution in [0.4, 0.5) is 0 Å². The molecule has 1 rings (SSSR count). The number of hydrogen-bond donors (Lipinski definition) is 1. The molecule has 16 heavy (non-hydrogen) atoms. The van der Waals surface area contributed by atoms with E-state index in [0.29, 0.717) is 5.56 Å². The van der Waals surface area contributed by atoms with Crippen LogP contribution >= 0.6 is 11.6 Å². The van der Waals surface area contributed by atoms with E-state index >= 15 is 0 Å². The van der Waals surface area contributed by atoms with Crippen molar-refractivity contribution in [1.82, 2.24) is 0 Å². The zero-order valence-corrected chi connectivity index (χ0v) is 10.8. The van der Waals surface area contributed by atoms with Gasteiger partial charge in [-0.2, -0.15) is 0 Å². The third-order valence-electron chi connectivity index (χ3n) is 2.62. The molecular formula is C11H15ClO3S. The maximum absolute atomic E-state index is 11.6. The molecule has 0 aliphatic rings. The average Bonchev–Trinajstić information content (AvgIpc) is 2.26. The number of benzene rings is 1. The van der Waals surface area contributed by atoms with Crippen LogP contribution in [0.25, 0.3) is 0 Å². The summed E-state index contributed by atoms with van der Waals surface area (Å²) in [5, 5.41) is 10.1. The Balaban J connectivity index is 3.18. The maximum Gasteiger partial charge on any atom is 0.174 e. The fraction of sp³-hybridized carbons (Fsp3) is 0.455. The lowest BCUT2D eigenvalue weighted by molar-refractivity contribution is 0.155. The van der Waals surface area contributed by atoms with Gasteiger partial charge < -0.3 is 5.11 Å². The van der Waals surface area contributed by atoms with Gasteiger partial charge in [0.25, 0.3) is 0 Å². The predicted molar refractivity (Wildman–Crippen MR) is 65.1 cm³/mol. The second-order valence-electron chi connectivity index (χ2n) is 3.73. The summed E-state index contributed by atoms with van der Waals surface area (Å²) in [7, 11) is -3.55. The molecule has 0 aliphatic carbocycles. The van der Waals surface area contributed by atoms with Gasteiger partial charge in [0.15, 0.2) is 14.0 Å². The first-order valence-electron chi connectivity index (χ1n) is 4.94. The number of aliphatic hydroxyl groups excluding tert-OH is 1. The van der Waals surface area contributed by atoms with Crippen molar-refractivity contribution in [2.24, 2.45) is 0 Å². The summed E-state index contributed by atoms with van der Waals surface area (Å²) in [6.45, 7) is 1.64. The summed E-state index contributed by atoms with van der Waals surface area (Å²) >= 11 is 6.05. The summed E-state index contributed by atoms with van der Waals surface area (Å²) in [5.74, 6) is 0. The molecular weight excluding hydrogens is 248 g/mol. The monoisotopic (exact) mass is 262 g/mol. The maximum atomic E-state index is 11.6. The fourth-order valence-electron chi connectivity index (χ4n) is 1.54. The normalized spacial score (nSPS) is 17.8. The zero-order chi connectivity index (χ0) is 12.4. The molecule has 0 aromatic heterocycles. The number of halogens is 1. The van der Waals surface area contributed by atoms with Gasteiger partial charge in [0.1, 0.15) is 6.10 Å². The molecule has 5 heteroatoms. The van der Waals surface area contributed by atoms with Crippen molar-refractivity contribution in [3.8, 4) is 0 Å². The summed E-state index contributed by atoms with van der Waals surface area (Å²) in [6, 6.07) is 8.56. The minimum atomic E-state index is -3.55. The molecule has 0 fully saturated rings. The van der Waals surface area contributed by atoms with Gasteiger partial charge >= 0.3 is 0 Å². The largest absolute Gasteiger partial charge is 0.385 e. The highest BCUT2D eigenvalue weighted by Gasteiger charge is 2.44. The van der Waals surface area contributed by atoms with E-state index in [1.165, 1.54) is 0 Å². The van der Waals surface area contributed by atoms with E-state index < -0.39 is 20.1 Å². The average molecular weight is 263 g/mol. The molecule has 0 amide bonds. The van der Waals surface area contributed by atoms with Crippen LogP contribution in [0.2, 0.25) is 0 Å². The van der Waals surface area contributed by atoms with Crippen molar-refractivity contribution >= 4 is 21.4 Å². The molecule has 0 heterocycles. The molecule has 0 saturated carbocycles. The molecule has 1 N–H and O–H groups in total. The van der Waals surface area contributed by atoms with Crippen LogP contribution < -0.4 is 0 Å². The molecule has 0 unspecified atom stereocenters. The number of hydrogen-bond acceptors (Lipinski definition) is 3. The quantitative estimate of drug-likeness (QED) is 0.846. The number of alkyl halides is 1. The summed E-state index contributed by atoms with van der Waals surface area (Å²) < 4.78 is 21.6. The Kier molecular flexibility index (Phi) is 3.99. The van der Waals surface area contributed by atoms with Crippen molar-refractivity contribution in [1.29, 1.82) is 0 Å². The van der Waals surface area contributed by atoms with Gasteiger partial charge in [0.05, 0.1) is 0 Å². The van der Waals surface area contributed by atoms with Gasteiger partial charge in [-0.25, -0.2) is 8.42 Å². The molecule has 0 aliphatic heterocycles. The standard InChI is InChI=1S/C11H15ClO3S/c1-3-11(12,16(2,14)15)10(13)9-7-5-4-6-8-9/h4-8,10,13H,3H2,1-2H3/t10-,11+/m1/s1. The first-order valence-corrected chi connectivity index (χ1v) is 7.21. The van der Waals surface area contributed by atoms with Crippen molar-refractivity contribution in [3.05, 3.63) is 35.9 Å². The highest BCUT2D eigenvalue weighted by atomic mass is 35.5. The molecule has 2 atom stereocenters. The molecule has 1 aromatic carbocycles. The molecule has 3 nitrogen and oxygen atoms in total. The molecule has 0 saturated heterocycles. The van der Waals surface area contributed by atoms with Gasteiger partial charge in [-0.1, -0.05) is 48.9 Å². The van der Waals surface area contributed by atoms with Crippen LogP contribution in [-0.4, -0.2) is 24.0 Å². The second kappa shape index (κ2) is 4.73. The highest BCUT2D eigenvalue weighted by molar-refractivity contribution is 7.93. The van der Waals surface area contributed by atoms with Crippen molar-refractivity contribution < 1.29 is 13.5 Å². The lowest BCUT2D eigenvalue weighted by atomic mass is 10.0. The lowest BCUT2D eigenvalue weighted by Gasteiger charge is -2.29. The lowest BCUT2D eigenvalue weighted by Crippen LogP contribution is -2.37. The Morgan fingerprint density at radius 1 is 1.38 bits per heavy atom. The number of rotatable bonds is 4. The van der Waals surface area contributed by atoms with E-state index in [1.54, 1.807) is 37.3 Å². The fourth-order valence-corrected chi connectivity index (χ4v) is 2.73. The summed E-state index contributed by atoms with van der Waals surface area (Å²) in [4.78, 5) is 0. The van der Waals surface area contributed by atoms with E-state index in [4.69, 9.17) is 11.6 Å². The SMILES string of the molecule is CC[C@@](Cl)([C@H](O)c1ccccc1)S(C)(=O)=O. The Bertz CT molecular complexity index is 444. The van der Waals surface area contributed by atoms with Crippen LogP contribution in [0, 0.1) is 0 Å². The van der Waals surface area contributed by atoms with E-state index in [2.05, 4.69) is 0 Å². The molecule has 0 spiro atoms. The Hall–Kier alpha value is -0.580. The topological polar surface area (TPSA) is 54.4 Å². The molecule has 90 valence electrons. The van der Waals surface area contributed by atoms with Crippen molar-refractivity contribution in [2.75, 3.05) is 6.26 Å². The third-order valence-corrected chi connectivity index (χ3v) is 5.68. The van der Waals surface area contributed by atoms with Gasteiger partial charge in [0.2, 0.25) is 0 Å². The predicted octanol–water partition coefficient (Wildman–Crippen LogP) is 2.11. The second-order valence-corrected chi connectivity index (χ2v) is 6.90. The highest BCUT2D eigenvalue weighted by Crippen LogP contribution is 2.39. The van der Waals surface area contributed by atoms with Gasteiger partial charge in [-0.05, 0) is 12.0 Å². The summed E-state index contributed by atoms with van der Waals surface area (Å²) in [5.41, 5.74) is 0.504. The Morgan fingerprint density at radius 3 is 2.25 bits per heavy atom. The minimum absolute atomic E-state index is 0.142. The van der Waals surface area contributed by atoms with Crippen LogP contribution in [0.5, 0.6) is 0 Å². The van der Waals surface area contributed by atoms with Crippen LogP contribution in [0.1, 0.15) is 25.0 Å².